The molecule has 1 rings (SSSR count). The van der Waals surface area contributed by atoms with E-state index in [4.69, 9.17) is 5.26 Å². The lowest BCUT2D eigenvalue weighted by molar-refractivity contribution is 0.151. The van der Waals surface area contributed by atoms with E-state index < -0.39 is 12.5 Å². The minimum atomic E-state index is -2.46. The molecule has 16 heavy (non-hydrogen) atoms. The lowest BCUT2D eigenvalue weighted by atomic mass is 10.1. The van der Waals surface area contributed by atoms with Gasteiger partial charge in [0, 0.05) is 5.56 Å². The summed E-state index contributed by atoms with van der Waals surface area (Å²) in [5.41, 5.74) is 0.705. The van der Waals surface area contributed by atoms with Crippen LogP contribution in [0, 0.1) is 11.3 Å². The van der Waals surface area contributed by atoms with Crippen LogP contribution in [0.25, 0.3) is 0 Å². The smallest absolute Gasteiger partial charge is 0.263 e. The fourth-order valence-electron chi connectivity index (χ4n) is 1.36. The molecular weight excluding hydrogens is 210 g/mol. The van der Waals surface area contributed by atoms with Crippen molar-refractivity contribution in [2.75, 3.05) is 6.54 Å². The third kappa shape index (κ3) is 3.28. The van der Waals surface area contributed by atoms with E-state index in [0.717, 1.165) is 18.5 Å². The van der Waals surface area contributed by atoms with Crippen molar-refractivity contribution in [2.24, 2.45) is 0 Å². The molecule has 4 heteroatoms. The summed E-state index contributed by atoms with van der Waals surface area (Å²) in [6.07, 6.45) is -1.54. The van der Waals surface area contributed by atoms with E-state index in [9.17, 15) is 8.78 Å². The second kappa shape index (κ2) is 6.19. The zero-order valence-electron chi connectivity index (χ0n) is 9.08. The van der Waals surface area contributed by atoms with E-state index in [-0.39, 0.29) is 5.56 Å². The Morgan fingerprint density at radius 3 is 2.25 bits per heavy atom. The van der Waals surface area contributed by atoms with Crippen molar-refractivity contribution in [3.63, 3.8) is 0 Å². The maximum absolute atomic E-state index is 12.3. The van der Waals surface area contributed by atoms with E-state index in [1.54, 1.807) is 12.1 Å². The Morgan fingerprint density at radius 2 is 1.81 bits per heavy atom. The molecule has 0 radical (unpaired) electrons. The molecule has 2 nitrogen and oxygen atoms in total. The highest BCUT2D eigenvalue weighted by Crippen LogP contribution is 2.21. The van der Waals surface area contributed by atoms with Gasteiger partial charge in [0.1, 0.15) is 6.04 Å². The number of alkyl halides is 2. The molecule has 1 N–H and O–H groups in total. The average Bonchev–Trinajstić information content (AvgIpc) is 2.30. The first-order valence-corrected chi connectivity index (χ1v) is 5.20. The highest BCUT2D eigenvalue weighted by atomic mass is 19.3. The summed E-state index contributed by atoms with van der Waals surface area (Å²) >= 11 is 0. The van der Waals surface area contributed by atoms with E-state index in [2.05, 4.69) is 11.4 Å². The summed E-state index contributed by atoms with van der Waals surface area (Å²) in [4.78, 5) is 0. The summed E-state index contributed by atoms with van der Waals surface area (Å²) in [6, 6.07) is 7.53. The van der Waals surface area contributed by atoms with Gasteiger partial charge in [-0.25, -0.2) is 8.78 Å². The minimum Gasteiger partial charge on any atom is -0.298 e. The molecule has 0 saturated carbocycles. The number of hydrogen-bond donors (Lipinski definition) is 1. The van der Waals surface area contributed by atoms with Crippen molar-refractivity contribution in [3.05, 3.63) is 35.4 Å². The van der Waals surface area contributed by atoms with Gasteiger partial charge in [-0.1, -0.05) is 31.2 Å². The molecule has 0 fully saturated rings. The number of rotatable bonds is 5. The van der Waals surface area contributed by atoms with Gasteiger partial charge in [0.15, 0.2) is 0 Å². The first-order valence-electron chi connectivity index (χ1n) is 5.20. The fourth-order valence-corrected chi connectivity index (χ4v) is 1.36. The highest BCUT2D eigenvalue weighted by molar-refractivity contribution is 5.28. The Balaban J connectivity index is 2.75. The topological polar surface area (TPSA) is 35.8 Å². The van der Waals surface area contributed by atoms with Crippen molar-refractivity contribution < 1.29 is 8.78 Å². The van der Waals surface area contributed by atoms with Crippen LogP contribution in [-0.4, -0.2) is 6.54 Å². The van der Waals surface area contributed by atoms with Gasteiger partial charge in [-0.3, -0.25) is 5.32 Å². The highest BCUT2D eigenvalue weighted by Gasteiger charge is 2.11. The molecule has 1 atom stereocenters. The van der Waals surface area contributed by atoms with Crippen LogP contribution in [0.15, 0.2) is 24.3 Å². The van der Waals surface area contributed by atoms with Crippen LogP contribution in [0.3, 0.4) is 0 Å². The van der Waals surface area contributed by atoms with Crippen LogP contribution in [0.2, 0.25) is 0 Å². The number of benzene rings is 1. The third-order valence-corrected chi connectivity index (χ3v) is 2.25. The molecule has 86 valence electrons. The maximum atomic E-state index is 12.3. The number of nitrogens with one attached hydrogen (secondary N) is 1. The number of nitriles is 1. The molecule has 0 spiro atoms. The molecule has 0 aromatic heterocycles. The minimum absolute atomic E-state index is 0.0177. The Bertz CT molecular complexity index is 354. The molecule has 1 aromatic carbocycles. The van der Waals surface area contributed by atoms with Gasteiger partial charge in [-0.05, 0) is 18.5 Å². The van der Waals surface area contributed by atoms with Crippen LogP contribution >= 0.6 is 0 Å². The van der Waals surface area contributed by atoms with Gasteiger partial charge in [0.05, 0.1) is 6.07 Å². The van der Waals surface area contributed by atoms with Crippen LogP contribution in [0.1, 0.15) is 36.9 Å². The van der Waals surface area contributed by atoms with E-state index in [1.165, 1.54) is 12.1 Å². The van der Waals surface area contributed by atoms with E-state index >= 15 is 0 Å². The largest absolute Gasteiger partial charge is 0.298 e. The van der Waals surface area contributed by atoms with Crippen molar-refractivity contribution in [1.82, 2.24) is 5.32 Å². The third-order valence-electron chi connectivity index (χ3n) is 2.25. The van der Waals surface area contributed by atoms with Crippen molar-refractivity contribution in [2.45, 2.75) is 25.8 Å². The first kappa shape index (κ1) is 12.6. The van der Waals surface area contributed by atoms with Gasteiger partial charge in [0.25, 0.3) is 6.43 Å². The van der Waals surface area contributed by atoms with Gasteiger partial charge in [-0.2, -0.15) is 5.26 Å². The standard InChI is InChI=1S/C12H14F2N2/c1-2-7-16-11(8-15)9-3-5-10(6-4-9)12(13)14/h3-6,11-12,16H,2,7H2,1H3. The number of hydrogen-bond acceptors (Lipinski definition) is 2. The Hall–Kier alpha value is -1.47. The fraction of sp³-hybridized carbons (Fsp3) is 0.417. The normalized spacial score (nSPS) is 12.4. The maximum Gasteiger partial charge on any atom is 0.263 e. The predicted octanol–water partition coefficient (Wildman–Crippen LogP) is 3.19. The molecule has 0 aliphatic heterocycles. The Labute approximate surface area is 93.9 Å². The molecule has 0 amide bonds. The second-order valence-corrected chi connectivity index (χ2v) is 3.48. The monoisotopic (exact) mass is 224 g/mol. The zero-order valence-corrected chi connectivity index (χ0v) is 9.08. The molecule has 0 heterocycles. The molecule has 1 unspecified atom stereocenters. The molecule has 0 aliphatic rings. The van der Waals surface area contributed by atoms with Crippen LogP contribution in [-0.2, 0) is 0 Å². The summed E-state index contributed by atoms with van der Waals surface area (Å²) in [5.74, 6) is 0. The quantitative estimate of drug-likeness (QED) is 0.833. The van der Waals surface area contributed by atoms with Gasteiger partial charge in [-0.15, -0.1) is 0 Å². The van der Waals surface area contributed by atoms with E-state index in [1.807, 2.05) is 6.92 Å². The molecule has 0 bridgehead atoms. The van der Waals surface area contributed by atoms with Gasteiger partial charge < -0.3 is 0 Å². The SMILES string of the molecule is CCCNC(C#N)c1ccc(C(F)F)cc1. The first-order chi connectivity index (χ1) is 7.69. The average molecular weight is 224 g/mol. The van der Waals surface area contributed by atoms with Gasteiger partial charge in [0.2, 0.25) is 0 Å². The summed E-state index contributed by atoms with van der Waals surface area (Å²) in [5, 5.41) is 12.0. The van der Waals surface area contributed by atoms with E-state index in [0.29, 0.717) is 0 Å². The number of halogens is 2. The zero-order chi connectivity index (χ0) is 12.0. The summed E-state index contributed by atoms with van der Waals surface area (Å²) in [6.45, 7) is 2.73. The van der Waals surface area contributed by atoms with Crippen LogP contribution in [0.4, 0.5) is 8.78 Å². The lowest BCUT2D eigenvalue weighted by Crippen LogP contribution is -2.20. The molecule has 1 aromatic rings. The van der Waals surface area contributed by atoms with Crippen molar-refractivity contribution in [3.8, 4) is 6.07 Å². The second-order valence-electron chi connectivity index (χ2n) is 3.48. The predicted molar refractivity (Wildman–Crippen MR) is 58.0 cm³/mol. The molecule has 0 saturated heterocycles. The van der Waals surface area contributed by atoms with Gasteiger partial charge >= 0.3 is 0 Å². The van der Waals surface area contributed by atoms with Crippen molar-refractivity contribution >= 4 is 0 Å². The summed E-state index contributed by atoms with van der Waals surface area (Å²) < 4.78 is 24.6. The Morgan fingerprint density at radius 1 is 1.25 bits per heavy atom. The van der Waals surface area contributed by atoms with Crippen LogP contribution < -0.4 is 5.32 Å². The lowest BCUT2D eigenvalue weighted by Gasteiger charge is -2.11. The molecular formula is C12H14F2N2. The Kier molecular flexibility index (Phi) is 4.87. The molecule has 0 aliphatic carbocycles. The van der Waals surface area contributed by atoms with Crippen molar-refractivity contribution in [1.29, 1.82) is 5.26 Å². The summed E-state index contributed by atoms with van der Waals surface area (Å²) in [7, 11) is 0. The number of nitrogens with zero attached hydrogens (tertiary/aromatic N) is 1. The van der Waals surface area contributed by atoms with Crippen LogP contribution in [0.5, 0.6) is 0 Å².